The van der Waals surface area contributed by atoms with Crippen LogP contribution in [0, 0.1) is 5.41 Å². The number of nitrogens with two attached hydrogens (primary N) is 1. The summed E-state index contributed by atoms with van der Waals surface area (Å²) in [5.41, 5.74) is 9.38. The molecule has 2 nitrogen and oxygen atoms in total. The zero-order valence-corrected chi connectivity index (χ0v) is 13.2. The molecule has 1 aromatic rings. The van der Waals surface area contributed by atoms with E-state index in [4.69, 9.17) is 22.1 Å². The van der Waals surface area contributed by atoms with Crippen LogP contribution in [0.4, 0.5) is 0 Å². The Morgan fingerprint density at radius 1 is 1.30 bits per heavy atom. The first-order valence-corrected chi connectivity index (χ1v) is 7.98. The Hall–Kier alpha value is -0.730. The van der Waals surface area contributed by atoms with Crippen LogP contribution in [-0.4, -0.2) is 12.1 Å². The fraction of sp³-hybridized carbons (Fsp3) is 0.647. The highest BCUT2D eigenvalue weighted by atomic mass is 35.5. The van der Waals surface area contributed by atoms with Crippen molar-refractivity contribution in [2.24, 2.45) is 11.1 Å². The van der Waals surface area contributed by atoms with Gasteiger partial charge >= 0.3 is 0 Å². The number of fused-ring (bicyclic) bond motifs is 1. The van der Waals surface area contributed by atoms with Crippen molar-refractivity contribution in [1.82, 2.24) is 0 Å². The van der Waals surface area contributed by atoms with Crippen molar-refractivity contribution >= 4 is 11.6 Å². The Morgan fingerprint density at radius 3 is 2.85 bits per heavy atom. The Labute approximate surface area is 126 Å². The van der Waals surface area contributed by atoms with E-state index in [9.17, 15) is 0 Å². The maximum Gasteiger partial charge on any atom is 0.125 e. The van der Waals surface area contributed by atoms with E-state index in [1.54, 1.807) is 0 Å². The van der Waals surface area contributed by atoms with Gasteiger partial charge in [0.1, 0.15) is 5.75 Å². The van der Waals surface area contributed by atoms with Gasteiger partial charge in [0.05, 0.1) is 6.61 Å². The molecular weight excluding hydrogens is 270 g/mol. The van der Waals surface area contributed by atoms with Crippen LogP contribution in [0.1, 0.15) is 50.7 Å². The molecule has 1 aliphatic heterocycles. The predicted molar refractivity (Wildman–Crippen MR) is 83.5 cm³/mol. The van der Waals surface area contributed by atoms with Gasteiger partial charge in [-0.1, -0.05) is 31.9 Å². The molecule has 110 valence electrons. The summed E-state index contributed by atoms with van der Waals surface area (Å²) >= 11 is 6.25. The van der Waals surface area contributed by atoms with Gasteiger partial charge in [-0.15, -0.1) is 0 Å². The second kappa shape index (κ2) is 4.92. The molecule has 20 heavy (non-hydrogen) atoms. The van der Waals surface area contributed by atoms with Gasteiger partial charge in [0.15, 0.2) is 0 Å². The van der Waals surface area contributed by atoms with Crippen LogP contribution in [0.5, 0.6) is 5.75 Å². The van der Waals surface area contributed by atoms with Crippen molar-refractivity contribution in [3.8, 4) is 5.75 Å². The van der Waals surface area contributed by atoms with Crippen molar-refractivity contribution in [1.29, 1.82) is 0 Å². The van der Waals surface area contributed by atoms with Crippen LogP contribution in [0.2, 0.25) is 5.02 Å². The molecule has 3 heteroatoms. The monoisotopic (exact) mass is 293 g/mol. The zero-order chi connectivity index (χ0) is 14.4. The van der Waals surface area contributed by atoms with Crippen LogP contribution in [-0.2, 0) is 12.8 Å². The first-order valence-electron chi connectivity index (χ1n) is 7.60. The maximum absolute atomic E-state index is 6.71. The topological polar surface area (TPSA) is 35.2 Å². The number of hydrogen-bond acceptors (Lipinski definition) is 2. The van der Waals surface area contributed by atoms with Crippen LogP contribution in [0.15, 0.2) is 12.1 Å². The molecule has 3 rings (SSSR count). The summed E-state index contributed by atoms with van der Waals surface area (Å²) in [7, 11) is 0. The average molecular weight is 294 g/mol. The van der Waals surface area contributed by atoms with Gasteiger partial charge in [-0.3, -0.25) is 0 Å². The minimum atomic E-state index is -0.119. The second-order valence-electron chi connectivity index (χ2n) is 7.39. The molecule has 2 N–H and O–H groups in total. The average Bonchev–Trinajstić information content (AvgIpc) is 2.74. The third-order valence-electron chi connectivity index (χ3n) is 4.73. The SMILES string of the molecule is CC1(C)CCCC(N)(Cc2cc(Cl)cc3c2OCC3)C1. The normalized spacial score (nSPS) is 28.0. The maximum atomic E-state index is 6.71. The molecule has 2 aliphatic rings. The molecule has 0 saturated heterocycles. The number of rotatable bonds is 2. The minimum absolute atomic E-state index is 0.119. The van der Waals surface area contributed by atoms with E-state index >= 15 is 0 Å². The lowest BCUT2D eigenvalue weighted by Gasteiger charge is -2.43. The van der Waals surface area contributed by atoms with Crippen LogP contribution in [0.25, 0.3) is 0 Å². The second-order valence-corrected chi connectivity index (χ2v) is 7.82. The van der Waals surface area contributed by atoms with Gasteiger partial charge in [0.25, 0.3) is 0 Å². The summed E-state index contributed by atoms with van der Waals surface area (Å²) in [6.45, 7) is 5.42. The number of ether oxygens (including phenoxy) is 1. The van der Waals surface area contributed by atoms with Gasteiger partial charge in [-0.25, -0.2) is 0 Å². The van der Waals surface area contributed by atoms with E-state index in [-0.39, 0.29) is 5.54 Å². The lowest BCUT2D eigenvalue weighted by Crippen LogP contribution is -2.48. The molecule has 0 aromatic heterocycles. The van der Waals surface area contributed by atoms with Gasteiger partial charge in [0.2, 0.25) is 0 Å². The molecular formula is C17H24ClNO. The molecule has 1 atom stereocenters. The number of halogens is 1. The molecule has 0 amide bonds. The third kappa shape index (κ3) is 2.82. The summed E-state index contributed by atoms with van der Waals surface area (Å²) in [5, 5.41) is 0.808. The summed E-state index contributed by atoms with van der Waals surface area (Å²) in [6.07, 6.45) is 6.49. The molecule has 1 aliphatic carbocycles. The molecule has 1 heterocycles. The smallest absolute Gasteiger partial charge is 0.125 e. The summed E-state index contributed by atoms with van der Waals surface area (Å²) < 4.78 is 5.81. The lowest BCUT2D eigenvalue weighted by atomic mass is 9.66. The Morgan fingerprint density at radius 2 is 2.10 bits per heavy atom. The highest BCUT2D eigenvalue weighted by molar-refractivity contribution is 6.30. The van der Waals surface area contributed by atoms with Crippen molar-refractivity contribution < 1.29 is 4.74 Å². The largest absolute Gasteiger partial charge is 0.493 e. The Kier molecular flexibility index (Phi) is 3.50. The van der Waals surface area contributed by atoms with E-state index in [1.807, 2.05) is 12.1 Å². The molecule has 0 radical (unpaired) electrons. The first kappa shape index (κ1) is 14.2. The Balaban J connectivity index is 1.88. The Bertz CT molecular complexity index is 526. The van der Waals surface area contributed by atoms with Crippen LogP contribution in [0.3, 0.4) is 0 Å². The fourth-order valence-electron chi connectivity index (χ4n) is 4.06. The van der Waals surface area contributed by atoms with Crippen molar-refractivity contribution in [2.75, 3.05) is 6.61 Å². The molecule has 1 fully saturated rings. The van der Waals surface area contributed by atoms with Crippen molar-refractivity contribution in [3.63, 3.8) is 0 Å². The van der Waals surface area contributed by atoms with Gasteiger partial charge in [-0.2, -0.15) is 0 Å². The standard InChI is InChI=1S/C17H24ClNO/c1-16(2)5-3-6-17(19,11-16)10-13-9-14(18)8-12-4-7-20-15(12)13/h8-9H,3-7,10-11,19H2,1-2H3. The number of benzene rings is 1. The molecule has 0 bridgehead atoms. The minimum Gasteiger partial charge on any atom is -0.493 e. The van der Waals surface area contributed by atoms with E-state index < -0.39 is 0 Å². The summed E-state index contributed by atoms with van der Waals surface area (Å²) in [4.78, 5) is 0. The highest BCUT2D eigenvalue weighted by Gasteiger charge is 2.38. The molecule has 0 spiro atoms. The lowest BCUT2D eigenvalue weighted by molar-refractivity contribution is 0.150. The first-order chi connectivity index (χ1) is 9.37. The number of hydrogen-bond donors (Lipinski definition) is 1. The fourth-order valence-corrected chi connectivity index (χ4v) is 4.32. The van der Waals surface area contributed by atoms with Gasteiger partial charge in [0, 0.05) is 17.0 Å². The van der Waals surface area contributed by atoms with Crippen LogP contribution < -0.4 is 10.5 Å². The predicted octanol–water partition coefficient (Wildman–Crippen LogP) is 4.12. The molecule has 1 saturated carbocycles. The molecule has 1 aromatic carbocycles. The van der Waals surface area contributed by atoms with Crippen molar-refractivity contribution in [2.45, 2.75) is 57.9 Å². The van der Waals surface area contributed by atoms with Gasteiger partial charge in [-0.05, 0) is 54.4 Å². The van der Waals surface area contributed by atoms with E-state index in [2.05, 4.69) is 13.8 Å². The van der Waals surface area contributed by atoms with Crippen molar-refractivity contribution in [3.05, 3.63) is 28.3 Å². The van der Waals surface area contributed by atoms with E-state index in [0.717, 1.165) is 43.1 Å². The summed E-state index contributed by atoms with van der Waals surface area (Å²) in [5.74, 6) is 1.04. The quantitative estimate of drug-likeness (QED) is 0.890. The van der Waals surface area contributed by atoms with Crippen LogP contribution >= 0.6 is 11.6 Å². The van der Waals surface area contributed by atoms with Gasteiger partial charge < -0.3 is 10.5 Å². The zero-order valence-electron chi connectivity index (χ0n) is 12.5. The molecule has 1 unspecified atom stereocenters. The summed E-state index contributed by atoms with van der Waals surface area (Å²) in [6, 6.07) is 4.07. The third-order valence-corrected chi connectivity index (χ3v) is 4.94. The highest BCUT2D eigenvalue weighted by Crippen LogP contribution is 2.43. The van der Waals surface area contributed by atoms with E-state index in [0.29, 0.717) is 5.41 Å². The van der Waals surface area contributed by atoms with E-state index in [1.165, 1.54) is 24.0 Å².